The van der Waals surface area contributed by atoms with E-state index < -0.39 is 57.3 Å². The van der Waals surface area contributed by atoms with Crippen LogP contribution in [0.2, 0.25) is 0 Å². The first-order valence-corrected chi connectivity index (χ1v) is 12.0. The molecule has 0 spiro atoms. The summed E-state index contributed by atoms with van der Waals surface area (Å²) in [5.74, 6) is -3.21. The molecule has 0 aromatic heterocycles. The van der Waals surface area contributed by atoms with Crippen molar-refractivity contribution < 1.29 is 46.3 Å². The number of carbonyl (C=O) groups excluding carboxylic acids is 3. The molecule has 0 atom stereocenters. The monoisotopic (exact) mass is 671 g/mol. The zero-order chi connectivity index (χ0) is 29.4. The molecule has 1 N–H and O–H groups in total. The van der Waals surface area contributed by atoms with Gasteiger partial charge in [-0.15, -0.1) is 0 Å². The van der Waals surface area contributed by atoms with Crippen LogP contribution in [-0.4, -0.2) is 29.9 Å². The number of hydrogen-bond donors (Lipinski definition) is 1. The molecule has 10 nitrogen and oxygen atoms in total. The molecule has 40 heavy (non-hydrogen) atoms. The van der Waals surface area contributed by atoms with Crippen molar-refractivity contribution in [1.29, 1.82) is 0 Å². The fourth-order valence-electron chi connectivity index (χ4n) is 3.60. The number of barbiturate groups is 1. The Morgan fingerprint density at radius 1 is 1.02 bits per heavy atom. The molecule has 1 aliphatic rings. The highest BCUT2D eigenvalue weighted by Gasteiger charge is 2.37. The third-order valence-corrected chi connectivity index (χ3v) is 6.25. The van der Waals surface area contributed by atoms with E-state index in [1.165, 1.54) is 31.4 Å². The Bertz CT molecular complexity index is 1590. The molecule has 4 rings (SSSR count). The standard InChI is InChI=1S/C25H14F4IN3O7/c1-39-20-10-12(8-16-22(34)31-24(36)32(23(16)35)15-5-3-14(26)4-6-15)9-17(30)21(20)40-19-7-2-13(25(27,28)29)11-18(19)33(37)38/h2-11H,1H3,(H,31,34,36)/b16-8+. The molecule has 3 aromatic carbocycles. The molecule has 206 valence electrons. The van der Waals surface area contributed by atoms with Gasteiger partial charge in [0.15, 0.2) is 11.5 Å². The van der Waals surface area contributed by atoms with Gasteiger partial charge in [0.1, 0.15) is 11.4 Å². The number of methoxy groups -OCH3 is 1. The van der Waals surface area contributed by atoms with E-state index in [-0.39, 0.29) is 26.3 Å². The molecule has 1 heterocycles. The van der Waals surface area contributed by atoms with Crippen LogP contribution in [0, 0.1) is 19.5 Å². The molecule has 0 saturated carbocycles. The molecule has 0 unspecified atom stereocenters. The van der Waals surface area contributed by atoms with Crippen molar-refractivity contribution >= 4 is 57.9 Å². The number of amides is 4. The third kappa shape index (κ3) is 5.73. The summed E-state index contributed by atoms with van der Waals surface area (Å²) < 4.78 is 63.6. The number of nitro groups is 1. The van der Waals surface area contributed by atoms with E-state index in [0.29, 0.717) is 17.0 Å². The highest BCUT2D eigenvalue weighted by Crippen LogP contribution is 2.42. The Kier molecular flexibility index (Phi) is 7.77. The van der Waals surface area contributed by atoms with Crippen LogP contribution in [0.3, 0.4) is 0 Å². The van der Waals surface area contributed by atoms with Crippen molar-refractivity contribution in [3.63, 3.8) is 0 Å². The van der Waals surface area contributed by atoms with Crippen molar-refractivity contribution in [2.45, 2.75) is 6.18 Å². The Labute approximate surface area is 235 Å². The molecule has 0 aliphatic carbocycles. The summed E-state index contributed by atoms with van der Waals surface area (Å²) in [4.78, 5) is 48.9. The molecule has 0 bridgehead atoms. The average Bonchev–Trinajstić information content (AvgIpc) is 2.88. The smallest absolute Gasteiger partial charge is 0.416 e. The first-order valence-electron chi connectivity index (χ1n) is 10.9. The molecular weight excluding hydrogens is 657 g/mol. The predicted octanol–water partition coefficient (Wildman–Crippen LogP) is 5.82. The summed E-state index contributed by atoms with van der Waals surface area (Å²) >= 11 is 1.77. The first-order chi connectivity index (χ1) is 18.8. The molecule has 1 saturated heterocycles. The Balaban J connectivity index is 1.71. The van der Waals surface area contributed by atoms with Gasteiger partial charge in [0.25, 0.3) is 11.8 Å². The maximum Gasteiger partial charge on any atom is 0.416 e. The van der Waals surface area contributed by atoms with Crippen LogP contribution < -0.4 is 19.7 Å². The van der Waals surface area contributed by atoms with Gasteiger partial charge in [0.05, 0.1) is 26.9 Å². The van der Waals surface area contributed by atoms with Gasteiger partial charge in [-0.05, 0) is 82.8 Å². The number of urea groups is 1. The summed E-state index contributed by atoms with van der Waals surface area (Å²) in [7, 11) is 1.23. The van der Waals surface area contributed by atoms with E-state index >= 15 is 0 Å². The second-order valence-corrected chi connectivity index (χ2v) is 9.17. The van der Waals surface area contributed by atoms with E-state index in [0.717, 1.165) is 24.3 Å². The highest BCUT2D eigenvalue weighted by atomic mass is 127. The van der Waals surface area contributed by atoms with Gasteiger partial charge in [-0.25, -0.2) is 14.1 Å². The largest absolute Gasteiger partial charge is 0.493 e. The number of rotatable bonds is 6. The van der Waals surface area contributed by atoms with Crippen LogP contribution in [0.5, 0.6) is 17.2 Å². The molecule has 4 amide bonds. The van der Waals surface area contributed by atoms with Crippen molar-refractivity contribution in [1.82, 2.24) is 5.32 Å². The highest BCUT2D eigenvalue weighted by molar-refractivity contribution is 14.1. The van der Waals surface area contributed by atoms with Gasteiger partial charge in [-0.1, -0.05) is 0 Å². The summed E-state index contributed by atoms with van der Waals surface area (Å²) in [5, 5.41) is 13.5. The molecule has 1 fully saturated rings. The number of ether oxygens (including phenoxy) is 2. The Morgan fingerprint density at radius 3 is 2.30 bits per heavy atom. The van der Waals surface area contributed by atoms with Crippen LogP contribution in [-0.2, 0) is 15.8 Å². The van der Waals surface area contributed by atoms with E-state index in [2.05, 4.69) is 0 Å². The van der Waals surface area contributed by atoms with Gasteiger partial charge >= 0.3 is 17.9 Å². The quantitative estimate of drug-likeness (QED) is 0.0874. The number of imide groups is 2. The van der Waals surface area contributed by atoms with Gasteiger partial charge in [-0.3, -0.25) is 25.0 Å². The van der Waals surface area contributed by atoms with E-state index in [9.17, 15) is 42.1 Å². The zero-order valence-electron chi connectivity index (χ0n) is 19.9. The van der Waals surface area contributed by atoms with Gasteiger partial charge < -0.3 is 9.47 Å². The minimum atomic E-state index is -4.82. The van der Waals surface area contributed by atoms with E-state index in [1.54, 1.807) is 22.6 Å². The van der Waals surface area contributed by atoms with Crippen molar-refractivity contribution in [3.05, 3.63) is 90.8 Å². The van der Waals surface area contributed by atoms with Crippen LogP contribution in [0.4, 0.5) is 33.7 Å². The lowest BCUT2D eigenvalue weighted by atomic mass is 10.1. The Morgan fingerprint density at radius 2 is 1.70 bits per heavy atom. The summed E-state index contributed by atoms with van der Waals surface area (Å²) in [5.41, 5.74) is -2.40. The maximum atomic E-state index is 13.3. The van der Waals surface area contributed by atoms with Crippen LogP contribution >= 0.6 is 22.6 Å². The molecule has 1 aliphatic heterocycles. The predicted molar refractivity (Wildman–Crippen MR) is 139 cm³/mol. The number of anilines is 1. The van der Waals surface area contributed by atoms with Gasteiger partial charge in [-0.2, -0.15) is 13.2 Å². The molecule has 15 heteroatoms. The van der Waals surface area contributed by atoms with Gasteiger partial charge in [0, 0.05) is 6.07 Å². The number of carbonyl (C=O) groups is 3. The second-order valence-electron chi connectivity index (χ2n) is 8.01. The van der Waals surface area contributed by atoms with E-state index in [1.807, 2.05) is 5.32 Å². The molecule has 0 radical (unpaired) electrons. The number of benzene rings is 3. The minimum absolute atomic E-state index is 0.0105. The number of hydrogen-bond acceptors (Lipinski definition) is 7. The first kappa shape index (κ1) is 28.5. The number of nitro benzene ring substituents is 1. The van der Waals surface area contributed by atoms with E-state index in [4.69, 9.17) is 9.47 Å². The van der Waals surface area contributed by atoms with Crippen molar-refractivity contribution in [2.24, 2.45) is 0 Å². The minimum Gasteiger partial charge on any atom is -0.493 e. The van der Waals surface area contributed by atoms with Crippen molar-refractivity contribution in [2.75, 3.05) is 12.0 Å². The average molecular weight is 671 g/mol. The number of nitrogens with zero attached hydrogens (tertiary/aromatic N) is 2. The molecular formula is C25H14F4IN3O7. The normalized spacial score (nSPS) is 14.8. The lowest BCUT2D eigenvalue weighted by molar-refractivity contribution is -0.385. The van der Waals surface area contributed by atoms with Crippen molar-refractivity contribution in [3.8, 4) is 17.2 Å². The second kappa shape index (κ2) is 10.9. The maximum absolute atomic E-state index is 13.3. The summed E-state index contributed by atoms with van der Waals surface area (Å²) in [6.45, 7) is 0. The van der Waals surface area contributed by atoms with Crippen LogP contribution in [0.1, 0.15) is 11.1 Å². The number of alkyl halides is 3. The van der Waals surface area contributed by atoms with Gasteiger partial charge in [0.2, 0.25) is 5.75 Å². The molecule has 3 aromatic rings. The van der Waals surface area contributed by atoms with Crippen LogP contribution in [0.25, 0.3) is 6.08 Å². The number of nitrogens with one attached hydrogen (secondary N) is 1. The summed E-state index contributed by atoms with van der Waals surface area (Å²) in [6.07, 6.45) is -3.67. The lowest BCUT2D eigenvalue weighted by Gasteiger charge is -2.26. The fourth-order valence-corrected chi connectivity index (χ4v) is 4.34. The third-order valence-electron chi connectivity index (χ3n) is 5.44. The SMILES string of the molecule is COc1cc(/C=C2\C(=O)NC(=O)N(c3ccc(F)cc3)C2=O)cc(I)c1Oc1ccc(C(F)(F)F)cc1[N+](=O)[O-]. The number of halogens is 5. The fraction of sp³-hybridized carbons (Fsp3) is 0.0800. The van der Waals surface area contributed by atoms with Crippen LogP contribution in [0.15, 0.2) is 60.2 Å². The zero-order valence-corrected chi connectivity index (χ0v) is 22.1. The topological polar surface area (TPSA) is 128 Å². The summed E-state index contributed by atoms with van der Waals surface area (Å²) in [6, 6.07) is 7.87. The Hall–Kier alpha value is -4.54. The lowest BCUT2D eigenvalue weighted by Crippen LogP contribution is -2.54.